The van der Waals surface area contributed by atoms with Gasteiger partial charge in [-0.15, -0.1) is 0 Å². The predicted octanol–water partition coefficient (Wildman–Crippen LogP) is 3.64. The van der Waals surface area contributed by atoms with Crippen molar-refractivity contribution in [2.24, 2.45) is 0 Å². The second-order valence-corrected chi connectivity index (χ2v) is 6.15. The van der Waals surface area contributed by atoms with E-state index in [2.05, 4.69) is 30.9 Å². The summed E-state index contributed by atoms with van der Waals surface area (Å²) in [7, 11) is 0. The number of carbonyl (C=O) groups is 1. The number of rotatable bonds is 3. The van der Waals surface area contributed by atoms with Crippen LogP contribution in [0.25, 0.3) is 11.0 Å². The molecule has 0 bridgehead atoms. The fourth-order valence-corrected chi connectivity index (χ4v) is 3.04. The Kier molecular flexibility index (Phi) is 3.85. The predicted molar refractivity (Wildman–Crippen MR) is 82.6 cm³/mol. The zero-order valence-electron chi connectivity index (χ0n) is 10.5. The molecule has 3 heterocycles. The first-order valence-electron chi connectivity index (χ1n) is 5.91. The first-order chi connectivity index (χ1) is 10.1. The van der Waals surface area contributed by atoms with Gasteiger partial charge in [0.05, 0.1) is 5.52 Å². The number of aromatic nitrogens is 3. The summed E-state index contributed by atoms with van der Waals surface area (Å²) in [5.74, 6) is -1.04. The Morgan fingerprint density at radius 1 is 1.14 bits per heavy atom. The van der Waals surface area contributed by atoms with E-state index in [4.69, 9.17) is 5.11 Å². The van der Waals surface area contributed by atoms with Crippen molar-refractivity contribution in [2.75, 3.05) is 0 Å². The van der Waals surface area contributed by atoms with Crippen LogP contribution >= 0.6 is 27.7 Å². The third kappa shape index (κ3) is 3.03. The number of hydrogen-bond donors (Lipinski definition) is 1. The van der Waals surface area contributed by atoms with Crippen molar-refractivity contribution in [3.63, 3.8) is 0 Å². The number of carboxylic acid groups (broad SMARTS) is 1. The fourth-order valence-electron chi connectivity index (χ4n) is 1.78. The van der Waals surface area contributed by atoms with Gasteiger partial charge in [0.25, 0.3) is 0 Å². The average Bonchev–Trinajstić information content (AvgIpc) is 2.47. The number of pyridine rings is 3. The molecule has 21 heavy (non-hydrogen) atoms. The number of hydrogen-bond acceptors (Lipinski definition) is 5. The fraction of sp³-hybridized carbons (Fsp3) is 0. The van der Waals surface area contributed by atoms with Crippen LogP contribution in [0.3, 0.4) is 0 Å². The van der Waals surface area contributed by atoms with E-state index < -0.39 is 5.97 Å². The molecule has 3 aromatic heterocycles. The minimum atomic E-state index is -1.04. The maximum atomic E-state index is 11.0. The second-order valence-electron chi connectivity index (χ2n) is 4.11. The van der Waals surface area contributed by atoms with Crippen molar-refractivity contribution in [2.45, 2.75) is 9.79 Å². The Morgan fingerprint density at radius 3 is 2.76 bits per heavy atom. The van der Waals surface area contributed by atoms with Crippen LogP contribution < -0.4 is 0 Å². The van der Waals surface area contributed by atoms with Crippen LogP contribution in [0.1, 0.15) is 10.5 Å². The lowest BCUT2D eigenvalue weighted by molar-refractivity contribution is 0.0690. The van der Waals surface area contributed by atoms with Gasteiger partial charge >= 0.3 is 5.97 Å². The molecule has 0 unspecified atom stereocenters. The Labute approximate surface area is 132 Å². The number of fused-ring (bicyclic) bond motifs is 1. The first-order valence-corrected chi connectivity index (χ1v) is 7.52. The summed E-state index contributed by atoms with van der Waals surface area (Å²) in [4.78, 5) is 25.1. The van der Waals surface area contributed by atoms with Gasteiger partial charge in [-0.3, -0.25) is 9.97 Å². The number of carboxylic acids is 1. The van der Waals surface area contributed by atoms with Crippen molar-refractivity contribution < 1.29 is 9.90 Å². The number of halogens is 1. The molecular weight excluding hydrogens is 354 g/mol. The van der Waals surface area contributed by atoms with Gasteiger partial charge < -0.3 is 5.11 Å². The van der Waals surface area contributed by atoms with Gasteiger partial charge in [-0.2, -0.15) is 0 Å². The molecule has 0 aliphatic heterocycles. The van der Waals surface area contributed by atoms with E-state index >= 15 is 0 Å². The molecule has 0 aliphatic carbocycles. The lowest BCUT2D eigenvalue weighted by Gasteiger charge is -2.05. The molecule has 0 amide bonds. The van der Waals surface area contributed by atoms with E-state index in [1.165, 1.54) is 24.0 Å². The maximum Gasteiger partial charge on any atom is 0.354 e. The zero-order valence-corrected chi connectivity index (χ0v) is 12.9. The van der Waals surface area contributed by atoms with Crippen molar-refractivity contribution in [1.29, 1.82) is 0 Å². The minimum absolute atomic E-state index is 0.0223. The summed E-state index contributed by atoms with van der Waals surface area (Å²) in [6.45, 7) is 0. The molecular formula is C14H8BrN3O2S. The first kappa shape index (κ1) is 14.0. The second kappa shape index (κ2) is 5.79. The van der Waals surface area contributed by atoms with Crippen LogP contribution in [0.2, 0.25) is 0 Å². The van der Waals surface area contributed by atoms with Crippen LogP contribution in [0.5, 0.6) is 0 Å². The summed E-state index contributed by atoms with van der Waals surface area (Å²) < 4.78 is 0.863. The molecule has 0 radical (unpaired) electrons. The highest BCUT2D eigenvalue weighted by Gasteiger charge is 2.09. The van der Waals surface area contributed by atoms with Crippen molar-refractivity contribution in [3.8, 4) is 0 Å². The Morgan fingerprint density at radius 2 is 1.95 bits per heavy atom. The number of nitrogens with zero attached hydrogens (tertiary/aromatic N) is 3. The van der Waals surface area contributed by atoms with E-state index in [-0.39, 0.29) is 5.69 Å². The highest BCUT2D eigenvalue weighted by atomic mass is 79.9. The SMILES string of the molecule is O=C(O)c1cc(Sc2ccnc3cc(Br)cnc23)ccn1. The van der Waals surface area contributed by atoms with Gasteiger partial charge in [-0.25, -0.2) is 9.78 Å². The molecule has 5 nitrogen and oxygen atoms in total. The molecule has 0 aliphatic rings. The van der Waals surface area contributed by atoms with E-state index in [1.807, 2.05) is 12.1 Å². The quantitative estimate of drug-likeness (QED) is 0.767. The summed E-state index contributed by atoms with van der Waals surface area (Å²) >= 11 is 4.80. The van der Waals surface area contributed by atoms with Gasteiger partial charge in [0.15, 0.2) is 0 Å². The summed E-state index contributed by atoms with van der Waals surface area (Å²) in [6, 6.07) is 7.05. The topological polar surface area (TPSA) is 76.0 Å². The third-order valence-corrected chi connectivity index (χ3v) is 4.16. The smallest absolute Gasteiger partial charge is 0.354 e. The standard InChI is InChI=1S/C14H8BrN3O2S/c15-8-5-10-13(18-7-8)12(2-4-16-10)21-9-1-3-17-11(6-9)14(19)20/h1-7H,(H,19,20). The molecule has 3 aromatic rings. The van der Waals surface area contributed by atoms with Crippen molar-refractivity contribution in [1.82, 2.24) is 15.0 Å². The molecule has 0 fully saturated rings. The third-order valence-electron chi connectivity index (χ3n) is 2.69. The molecule has 3 rings (SSSR count). The Bertz CT molecular complexity index is 841. The molecule has 0 aromatic carbocycles. The molecule has 0 saturated carbocycles. The van der Waals surface area contributed by atoms with Gasteiger partial charge in [-0.05, 0) is 40.2 Å². The van der Waals surface area contributed by atoms with Crippen LogP contribution in [0.4, 0.5) is 0 Å². The minimum Gasteiger partial charge on any atom is -0.477 e. The van der Waals surface area contributed by atoms with Crippen LogP contribution in [0.15, 0.2) is 57.1 Å². The van der Waals surface area contributed by atoms with Crippen molar-refractivity contribution in [3.05, 3.63) is 53.0 Å². The van der Waals surface area contributed by atoms with Crippen LogP contribution in [-0.2, 0) is 0 Å². The summed E-state index contributed by atoms with van der Waals surface area (Å²) in [5.41, 5.74) is 1.58. The largest absolute Gasteiger partial charge is 0.477 e. The van der Waals surface area contributed by atoms with E-state index in [1.54, 1.807) is 18.5 Å². The van der Waals surface area contributed by atoms with Gasteiger partial charge in [0.2, 0.25) is 0 Å². The lowest BCUT2D eigenvalue weighted by atomic mass is 10.3. The van der Waals surface area contributed by atoms with Gasteiger partial charge in [0, 0.05) is 32.9 Å². The van der Waals surface area contributed by atoms with E-state index in [0.717, 1.165) is 25.3 Å². The highest BCUT2D eigenvalue weighted by Crippen LogP contribution is 2.32. The monoisotopic (exact) mass is 361 g/mol. The average molecular weight is 362 g/mol. The highest BCUT2D eigenvalue weighted by molar-refractivity contribution is 9.10. The van der Waals surface area contributed by atoms with Gasteiger partial charge in [-0.1, -0.05) is 11.8 Å². The van der Waals surface area contributed by atoms with Crippen LogP contribution in [-0.4, -0.2) is 26.0 Å². The maximum absolute atomic E-state index is 11.0. The Balaban J connectivity index is 2.02. The summed E-state index contributed by atoms with van der Waals surface area (Å²) in [6.07, 6.45) is 4.90. The number of aromatic carboxylic acids is 1. The van der Waals surface area contributed by atoms with Crippen LogP contribution in [0, 0.1) is 0 Å². The zero-order chi connectivity index (χ0) is 14.8. The normalized spacial score (nSPS) is 10.7. The lowest BCUT2D eigenvalue weighted by Crippen LogP contribution is -1.99. The molecule has 0 saturated heterocycles. The van der Waals surface area contributed by atoms with Gasteiger partial charge in [0.1, 0.15) is 11.2 Å². The molecule has 7 heteroatoms. The molecule has 1 N–H and O–H groups in total. The Hall–Kier alpha value is -1.99. The molecule has 0 spiro atoms. The molecule has 104 valence electrons. The summed E-state index contributed by atoms with van der Waals surface area (Å²) in [5, 5.41) is 8.98. The van der Waals surface area contributed by atoms with E-state index in [0.29, 0.717) is 0 Å². The molecule has 0 atom stereocenters. The van der Waals surface area contributed by atoms with E-state index in [9.17, 15) is 4.79 Å². The van der Waals surface area contributed by atoms with Crippen molar-refractivity contribution >= 4 is 44.7 Å².